The number of amides is 5. The zero-order valence-electron chi connectivity index (χ0n) is 94.0. The molecule has 0 aromatic rings. The summed E-state index contributed by atoms with van der Waals surface area (Å²) < 4.78 is 91.0. The zero-order chi connectivity index (χ0) is 108. The van der Waals surface area contributed by atoms with Gasteiger partial charge in [-0.1, -0.05) is 96.9 Å². The molecule has 0 atom stereocenters. The maximum absolute atomic E-state index is 12.5. The van der Waals surface area contributed by atoms with E-state index in [1.54, 1.807) is 13.8 Å². The number of rotatable bonds is 90. The van der Waals surface area contributed by atoms with Gasteiger partial charge in [0.25, 0.3) is 0 Å². The number of hydrogen-bond donors (Lipinski definition) is 10. The van der Waals surface area contributed by atoms with E-state index in [1.165, 1.54) is 0 Å². The molecule has 0 spiro atoms. The molecule has 0 aliphatic carbocycles. The average molecular weight is 2050 g/mol. The number of nitrogens with one attached hydrogen (secondary N) is 10. The number of carbonyl (C=O) groups is 10. The van der Waals surface area contributed by atoms with Crippen LogP contribution in [0.2, 0.25) is 0 Å². The van der Waals surface area contributed by atoms with E-state index in [2.05, 4.69) is 188 Å². The van der Waals surface area contributed by atoms with Gasteiger partial charge >= 0.3 is 0 Å². The number of hydrogen-bond acceptors (Lipinski definition) is 34. The van der Waals surface area contributed by atoms with Crippen LogP contribution in [0.5, 0.6) is 0 Å². The van der Waals surface area contributed by atoms with Crippen molar-refractivity contribution in [1.82, 2.24) is 63.0 Å². The standard InChI is InChI=1S/C31H62N4O8.C21H42N2O6.C20H41N3O4.C19H38N2O6.C12H25NO3/c1-26(2)28(36)24-42-21-19-41-17-13-34-30(38)25-43-22-20-40-16-12-33-29(37)23-35(31(5,6)7)14-18-39-15-10-8-9-11-32-27(3)4;1-18(2)19(24)16-29-17-20(25)22-8-6-10-26-12-14-28-15-13-27-11-7-9-23-21(3,4)5;1-16(2)18(24)15-27-13-12-26-11-9-21-19(25)14-23(17(3)4)10-8-22-20(5,6)7;1-16(2)17(22)14-26-12-10-24-8-6-20-18(23)15-27-13-11-25-9-7-21-19(3,4)5;1-10(2)12(14)9-16-8-7-15-6-5-13-11(3)4/h26-27,32H,8-25H2,1-7H3,(H,33,37)(H,34,38);18,23H,6-17H2,1-5H3,(H,22,25);16-17,22H,8-15H2,1-7H3,(H,21,25);16,21H,6-15H2,1-5H3,(H,20,23);10-11,13H,5-9H2,1-4H3. The van der Waals surface area contributed by atoms with E-state index in [0.717, 1.165) is 78.2 Å². The monoisotopic (exact) mass is 2050 g/mol. The molecule has 0 saturated carbocycles. The van der Waals surface area contributed by atoms with Gasteiger partial charge in [-0.3, -0.25) is 57.7 Å². The van der Waals surface area contributed by atoms with Gasteiger partial charge in [0.05, 0.1) is 165 Å². The van der Waals surface area contributed by atoms with Gasteiger partial charge in [0.2, 0.25) is 29.5 Å². The van der Waals surface area contributed by atoms with Crippen molar-refractivity contribution in [3.63, 3.8) is 0 Å². The Morgan fingerprint density at radius 3 is 0.824 bits per heavy atom. The molecule has 39 heteroatoms. The van der Waals surface area contributed by atoms with Gasteiger partial charge in [0.1, 0.15) is 52.9 Å². The van der Waals surface area contributed by atoms with Crippen LogP contribution in [0.4, 0.5) is 0 Å². The number of ketones is 5. The largest absolute Gasteiger partial charge is 0.380 e. The third-order valence-electron chi connectivity index (χ3n) is 19.4. The quantitative estimate of drug-likeness (QED) is 0.0278. The first-order valence-corrected chi connectivity index (χ1v) is 51.9. The Morgan fingerprint density at radius 1 is 0.218 bits per heavy atom. The molecular weight excluding hydrogens is 1840 g/mol. The second-order valence-electron chi connectivity index (χ2n) is 40.5. The van der Waals surface area contributed by atoms with Crippen LogP contribution < -0.4 is 53.2 Å². The molecule has 0 bridgehead atoms. The van der Waals surface area contributed by atoms with Gasteiger partial charge in [-0.25, -0.2) is 0 Å². The van der Waals surface area contributed by atoms with Crippen LogP contribution in [0.3, 0.4) is 0 Å². The van der Waals surface area contributed by atoms with Crippen LogP contribution in [0.15, 0.2) is 0 Å². The Kier molecular flexibility index (Phi) is 100.0. The Balaban J connectivity index is -0.000000568. The molecule has 0 saturated heterocycles. The molecule has 0 aromatic heterocycles. The van der Waals surface area contributed by atoms with E-state index < -0.39 is 0 Å². The lowest BCUT2D eigenvalue weighted by Crippen LogP contribution is -2.48. The van der Waals surface area contributed by atoms with Crippen molar-refractivity contribution >= 4 is 58.5 Å². The fourth-order valence-corrected chi connectivity index (χ4v) is 10.5. The molecule has 0 radical (unpaired) electrons. The summed E-state index contributed by atoms with van der Waals surface area (Å²) in [6.07, 6.45) is 5.04. The molecule has 142 heavy (non-hydrogen) atoms. The van der Waals surface area contributed by atoms with E-state index in [-0.39, 0.29) is 170 Å². The first-order valence-electron chi connectivity index (χ1n) is 51.9. The summed E-state index contributed by atoms with van der Waals surface area (Å²) in [5.74, 6) is -0.412. The predicted octanol–water partition coefficient (Wildman–Crippen LogP) is 6.84. The Hall–Kier alpha value is -5.26. The summed E-state index contributed by atoms with van der Waals surface area (Å²) >= 11 is 0. The van der Waals surface area contributed by atoms with Crippen molar-refractivity contribution in [3.8, 4) is 0 Å². The fraction of sp³-hybridized carbons (Fsp3) is 0.903. The van der Waals surface area contributed by atoms with Gasteiger partial charge in [-0.05, 0) is 142 Å². The van der Waals surface area contributed by atoms with Gasteiger partial charge in [-0.2, -0.15) is 0 Å². The molecule has 0 aliphatic heterocycles. The van der Waals surface area contributed by atoms with Gasteiger partial charge in [-0.15, -0.1) is 0 Å². The lowest BCUT2D eigenvalue weighted by atomic mass is 10.1. The molecule has 0 rings (SSSR count). The van der Waals surface area contributed by atoms with Gasteiger partial charge in [0, 0.05) is 155 Å². The van der Waals surface area contributed by atoms with Crippen LogP contribution >= 0.6 is 0 Å². The molecule has 0 aromatic carbocycles. The molecular formula is C103H208N12O27. The van der Waals surface area contributed by atoms with Crippen LogP contribution in [-0.2, 0) is 128 Å². The first-order chi connectivity index (χ1) is 66.9. The van der Waals surface area contributed by atoms with Crippen molar-refractivity contribution < 1.29 is 128 Å². The number of Topliss-reactive ketones (excluding diaryl/α,β-unsaturated/α-hetero) is 5. The molecule has 0 aliphatic rings. The summed E-state index contributed by atoms with van der Waals surface area (Å²) in [5.41, 5.74) is 0.161. The molecule has 0 unspecified atom stereocenters. The van der Waals surface area contributed by atoms with E-state index in [4.69, 9.17) is 80.5 Å². The van der Waals surface area contributed by atoms with E-state index in [9.17, 15) is 47.9 Å². The maximum atomic E-state index is 12.5. The minimum absolute atomic E-state index is 0.00170. The lowest BCUT2D eigenvalue weighted by Gasteiger charge is -2.35. The number of nitrogens with zero attached hydrogens (tertiary/aromatic N) is 2. The molecule has 10 N–H and O–H groups in total. The van der Waals surface area contributed by atoms with Crippen molar-refractivity contribution in [2.24, 2.45) is 29.6 Å². The van der Waals surface area contributed by atoms with Crippen LogP contribution in [-0.4, -0.2) is 425 Å². The Bertz CT molecular complexity index is 3010. The van der Waals surface area contributed by atoms with Crippen LogP contribution in [0.1, 0.15) is 226 Å². The van der Waals surface area contributed by atoms with E-state index in [1.807, 2.05) is 55.4 Å². The van der Waals surface area contributed by atoms with E-state index in [0.29, 0.717) is 229 Å². The molecule has 0 heterocycles. The van der Waals surface area contributed by atoms with Crippen molar-refractivity contribution in [2.45, 2.75) is 266 Å². The van der Waals surface area contributed by atoms with E-state index >= 15 is 0 Å². The summed E-state index contributed by atoms with van der Waals surface area (Å²) in [7, 11) is 0. The Morgan fingerprint density at radius 2 is 0.479 bits per heavy atom. The highest BCUT2D eigenvalue weighted by atomic mass is 16.6. The average Bonchev–Trinajstić information content (AvgIpc) is 0.879. The summed E-state index contributed by atoms with van der Waals surface area (Å²) in [6, 6.07) is 1.32. The molecule has 842 valence electrons. The highest BCUT2D eigenvalue weighted by Crippen LogP contribution is 2.13. The summed E-state index contributed by atoms with van der Waals surface area (Å²) in [4.78, 5) is 120. The normalized spacial score (nSPS) is 11.9. The fourth-order valence-electron chi connectivity index (χ4n) is 10.5. The number of ether oxygens (including phenoxy) is 17. The van der Waals surface area contributed by atoms with Crippen molar-refractivity contribution in [3.05, 3.63) is 0 Å². The second kappa shape index (κ2) is 97.8. The smallest absolute Gasteiger partial charge is 0.246 e. The lowest BCUT2D eigenvalue weighted by molar-refractivity contribution is -0.132. The van der Waals surface area contributed by atoms with Crippen molar-refractivity contribution in [1.29, 1.82) is 0 Å². The zero-order valence-corrected chi connectivity index (χ0v) is 94.0. The first kappa shape index (κ1) is 145. The third kappa shape index (κ3) is 117. The van der Waals surface area contributed by atoms with Crippen molar-refractivity contribution in [2.75, 3.05) is 316 Å². The third-order valence-corrected chi connectivity index (χ3v) is 19.4. The molecule has 5 amide bonds. The number of unbranched alkanes of at least 4 members (excludes halogenated alkanes) is 2. The highest BCUT2D eigenvalue weighted by Gasteiger charge is 2.24. The second-order valence-corrected chi connectivity index (χ2v) is 40.5. The number of carbonyl (C=O) groups excluding carboxylic acids is 10. The highest BCUT2D eigenvalue weighted by molar-refractivity contribution is 5.84. The van der Waals surface area contributed by atoms with Crippen LogP contribution in [0.25, 0.3) is 0 Å². The minimum Gasteiger partial charge on any atom is -0.380 e. The van der Waals surface area contributed by atoms with Crippen LogP contribution in [0, 0.1) is 29.6 Å². The molecule has 0 fully saturated rings. The topological polar surface area (TPSA) is 454 Å². The van der Waals surface area contributed by atoms with Gasteiger partial charge < -0.3 is 134 Å². The maximum Gasteiger partial charge on any atom is 0.246 e. The predicted molar refractivity (Wildman–Crippen MR) is 559 cm³/mol. The summed E-state index contributed by atoms with van der Waals surface area (Å²) in [6.45, 7) is 78.1. The summed E-state index contributed by atoms with van der Waals surface area (Å²) in [5, 5.41) is 30.8. The Labute approximate surface area is 858 Å². The SMILES string of the molecule is CC(C)C(=O)COCC(=O)NCCCOCCOCCOCCCNC(C)(C)C.CC(C)C(=O)COCCOCCNC(=O)CN(CCNC(C)(C)C)C(C)C.CC(C)C(=O)COCCOCCNC(=O)COCCOCCNC(C)(C)C.CC(C)NCCCCCOCCN(CC(=O)NCCOCCOCC(=O)NCCOCCOCC(=O)C(C)C)C(C)(C)C.CC(C)NCCOCCOCC(=O)C(C)C. The molecule has 39 nitrogen and oxygen atoms in total. The minimum atomic E-state index is -0.238. The van der Waals surface area contributed by atoms with Gasteiger partial charge in [0.15, 0.2) is 28.9 Å².